The molecule has 0 saturated heterocycles. The molecule has 0 aliphatic carbocycles. The van der Waals surface area contributed by atoms with Gasteiger partial charge in [-0.15, -0.1) is 0 Å². The monoisotopic (exact) mass is 518 g/mol. The van der Waals surface area contributed by atoms with Gasteiger partial charge in [0.15, 0.2) is 0 Å². The molecule has 0 aliphatic rings. The first kappa shape index (κ1) is 26.6. The maximum atomic E-state index is 13.9. The number of halogens is 3. The summed E-state index contributed by atoms with van der Waals surface area (Å²) >= 11 is 0. The SMILES string of the molecule is COc1ccc(Oc2ccc(-c3cc(C(F)(F)F)c(C#N)c(=O)n3Cc3ccc(C)cc3C)cc2C)cc1. The van der Waals surface area contributed by atoms with E-state index in [2.05, 4.69) is 0 Å². The highest BCUT2D eigenvalue weighted by Crippen LogP contribution is 2.35. The molecule has 0 saturated carbocycles. The van der Waals surface area contributed by atoms with Gasteiger partial charge in [0.25, 0.3) is 5.56 Å². The maximum absolute atomic E-state index is 13.9. The van der Waals surface area contributed by atoms with Crippen LogP contribution in [0.25, 0.3) is 11.3 Å². The summed E-state index contributed by atoms with van der Waals surface area (Å²) in [6.45, 7) is 5.58. The van der Waals surface area contributed by atoms with E-state index in [0.717, 1.165) is 22.8 Å². The van der Waals surface area contributed by atoms with Gasteiger partial charge in [0.05, 0.1) is 24.9 Å². The van der Waals surface area contributed by atoms with Crippen molar-refractivity contribution in [2.45, 2.75) is 33.5 Å². The number of methoxy groups -OCH3 is 1. The number of aryl methyl sites for hydroxylation is 3. The number of ether oxygens (including phenoxy) is 2. The van der Waals surface area contributed by atoms with Crippen LogP contribution in [0.5, 0.6) is 17.2 Å². The lowest BCUT2D eigenvalue weighted by Crippen LogP contribution is -2.29. The summed E-state index contributed by atoms with van der Waals surface area (Å²) in [4.78, 5) is 13.3. The van der Waals surface area contributed by atoms with Gasteiger partial charge in [0.2, 0.25) is 0 Å². The van der Waals surface area contributed by atoms with E-state index in [9.17, 15) is 23.2 Å². The third-order valence-corrected chi connectivity index (χ3v) is 6.30. The molecule has 0 bridgehead atoms. The molecule has 1 heterocycles. The Kier molecular flexibility index (Phi) is 7.31. The molecule has 0 radical (unpaired) electrons. The summed E-state index contributed by atoms with van der Waals surface area (Å²) in [5.41, 5.74) is 0.596. The van der Waals surface area contributed by atoms with E-state index in [4.69, 9.17) is 9.47 Å². The number of hydrogen-bond acceptors (Lipinski definition) is 4. The molecule has 0 unspecified atom stereocenters. The van der Waals surface area contributed by atoms with E-state index in [1.165, 1.54) is 10.6 Å². The van der Waals surface area contributed by atoms with Crippen LogP contribution in [0, 0.1) is 32.1 Å². The fourth-order valence-corrected chi connectivity index (χ4v) is 4.26. The Labute approximate surface area is 218 Å². The Bertz CT molecular complexity index is 1600. The van der Waals surface area contributed by atoms with Crippen LogP contribution in [0.1, 0.15) is 33.4 Å². The van der Waals surface area contributed by atoms with Crippen molar-refractivity contribution >= 4 is 0 Å². The minimum atomic E-state index is -4.87. The van der Waals surface area contributed by atoms with Gasteiger partial charge < -0.3 is 14.0 Å². The van der Waals surface area contributed by atoms with Gasteiger partial charge in [-0.25, -0.2) is 0 Å². The van der Waals surface area contributed by atoms with Crippen molar-refractivity contribution in [2.24, 2.45) is 0 Å². The topological polar surface area (TPSA) is 64.2 Å². The van der Waals surface area contributed by atoms with Crippen LogP contribution >= 0.6 is 0 Å². The highest BCUT2D eigenvalue weighted by molar-refractivity contribution is 5.65. The molecular formula is C30H25F3N2O3. The van der Waals surface area contributed by atoms with Crippen LogP contribution in [0.15, 0.2) is 71.5 Å². The van der Waals surface area contributed by atoms with E-state index in [0.29, 0.717) is 28.4 Å². The fourth-order valence-electron chi connectivity index (χ4n) is 4.26. The molecule has 0 aliphatic heterocycles. The second-order valence-electron chi connectivity index (χ2n) is 9.01. The van der Waals surface area contributed by atoms with Crippen LogP contribution < -0.4 is 15.0 Å². The van der Waals surface area contributed by atoms with Gasteiger partial charge in [0.1, 0.15) is 28.9 Å². The van der Waals surface area contributed by atoms with E-state index >= 15 is 0 Å². The van der Waals surface area contributed by atoms with Crippen molar-refractivity contribution in [1.29, 1.82) is 5.26 Å². The molecule has 1 aromatic heterocycles. The van der Waals surface area contributed by atoms with Crippen molar-refractivity contribution in [3.05, 3.63) is 110 Å². The van der Waals surface area contributed by atoms with E-state index in [1.807, 2.05) is 32.0 Å². The highest BCUT2D eigenvalue weighted by Gasteiger charge is 2.36. The minimum absolute atomic E-state index is 0.0102. The first-order chi connectivity index (χ1) is 18.0. The van der Waals surface area contributed by atoms with Gasteiger partial charge >= 0.3 is 6.18 Å². The molecule has 0 spiro atoms. The average Bonchev–Trinajstić information content (AvgIpc) is 2.87. The zero-order chi connectivity index (χ0) is 27.6. The first-order valence-electron chi connectivity index (χ1n) is 11.8. The molecule has 0 fully saturated rings. The molecule has 0 amide bonds. The second kappa shape index (κ2) is 10.5. The number of aromatic nitrogens is 1. The maximum Gasteiger partial charge on any atom is 0.417 e. The molecule has 38 heavy (non-hydrogen) atoms. The van der Waals surface area contributed by atoms with Crippen LogP contribution in [-0.2, 0) is 12.7 Å². The zero-order valence-corrected chi connectivity index (χ0v) is 21.3. The van der Waals surface area contributed by atoms with Crippen LogP contribution in [0.4, 0.5) is 13.2 Å². The average molecular weight is 519 g/mol. The van der Waals surface area contributed by atoms with Gasteiger partial charge in [-0.05, 0) is 91.6 Å². The van der Waals surface area contributed by atoms with Crippen LogP contribution in [-0.4, -0.2) is 11.7 Å². The minimum Gasteiger partial charge on any atom is -0.497 e. The lowest BCUT2D eigenvalue weighted by molar-refractivity contribution is -0.137. The first-order valence-corrected chi connectivity index (χ1v) is 11.8. The number of pyridine rings is 1. The lowest BCUT2D eigenvalue weighted by atomic mass is 10.0. The predicted octanol–water partition coefficient (Wildman–Crippen LogP) is 7.18. The molecule has 5 nitrogen and oxygen atoms in total. The third-order valence-electron chi connectivity index (χ3n) is 6.30. The second-order valence-corrected chi connectivity index (χ2v) is 9.01. The smallest absolute Gasteiger partial charge is 0.417 e. The molecule has 194 valence electrons. The van der Waals surface area contributed by atoms with Crippen molar-refractivity contribution in [3.63, 3.8) is 0 Å². The number of benzene rings is 3. The molecule has 3 aromatic carbocycles. The molecule has 0 N–H and O–H groups in total. The summed E-state index contributed by atoms with van der Waals surface area (Å²) < 4.78 is 54.0. The number of nitrogens with zero attached hydrogens (tertiary/aromatic N) is 2. The van der Waals surface area contributed by atoms with Gasteiger partial charge in [-0.2, -0.15) is 18.4 Å². The summed E-state index contributed by atoms with van der Waals surface area (Å²) in [7, 11) is 1.56. The summed E-state index contributed by atoms with van der Waals surface area (Å²) in [6, 6.07) is 19.9. The Hall–Kier alpha value is -4.51. The molecule has 4 aromatic rings. The van der Waals surface area contributed by atoms with E-state index < -0.39 is 22.9 Å². The highest BCUT2D eigenvalue weighted by atomic mass is 19.4. The van der Waals surface area contributed by atoms with Crippen molar-refractivity contribution < 1.29 is 22.6 Å². The number of hydrogen-bond donors (Lipinski definition) is 0. The van der Waals surface area contributed by atoms with E-state index in [-0.39, 0.29) is 12.2 Å². The standard InChI is InChI=1S/C30H25F3N2O3/c1-18-5-6-22(19(2)13-18)17-35-27(15-26(30(31,32)33)25(16-34)29(35)36)21-7-12-28(20(3)14-21)38-24-10-8-23(37-4)9-11-24/h5-15H,17H2,1-4H3. The van der Waals surface area contributed by atoms with Crippen LogP contribution in [0.3, 0.4) is 0 Å². The summed E-state index contributed by atoms with van der Waals surface area (Å²) in [5, 5.41) is 9.47. The van der Waals surface area contributed by atoms with Gasteiger partial charge in [0, 0.05) is 0 Å². The zero-order valence-electron chi connectivity index (χ0n) is 21.3. The van der Waals surface area contributed by atoms with E-state index in [1.54, 1.807) is 56.5 Å². The number of alkyl halides is 3. The Morgan fingerprint density at radius 3 is 2.16 bits per heavy atom. The van der Waals surface area contributed by atoms with Crippen molar-refractivity contribution in [2.75, 3.05) is 7.11 Å². The number of rotatable bonds is 6. The molecular weight excluding hydrogens is 493 g/mol. The molecule has 0 atom stereocenters. The van der Waals surface area contributed by atoms with Gasteiger partial charge in [-0.3, -0.25) is 4.79 Å². The predicted molar refractivity (Wildman–Crippen MR) is 139 cm³/mol. The summed E-state index contributed by atoms with van der Waals surface area (Å²) in [6.07, 6.45) is -4.87. The van der Waals surface area contributed by atoms with Crippen molar-refractivity contribution in [1.82, 2.24) is 4.57 Å². The number of nitriles is 1. The quantitative estimate of drug-likeness (QED) is 0.271. The van der Waals surface area contributed by atoms with Crippen LogP contribution in [0.2, 0.25) is 0 Å². The Morgan fingerprint density at radius 2 is 1.58 bits per heavy atom. The largest absolute Gasteiger partial charge is 0.497 e. The lowest BCUT2D eigenvalue weighted by Gasteiger charge is -2.19. The molecule has 8 heteroatoms. The van der Waals surface area contributed by atoms with Crippen molar-refractivity contribution in [3.8, 4) is 34.6 Å². The molecule has 4 rings (SSSR count). The van der Waals surface area contributed by atoms with Gasteiger partial charge in [-0.1, -0.05) is 23.8 Å². The summed E-state index contributed by atoms with van der Waals surface area (Å²) in [5.74, 6) is 1.74. The Morgan fingerprint density at radius 1 is 0.895 bits per heavy atom. The fraction of sp³-hybridized carbons (Fsp3) is 0.200. The normalized spacial score (nSPS) is 11.2. The third kappa shape index (κ3) is 5.42. The Balaban J connectivity index is 1.84.